The molecule has 6 rings (SSSR count). The number of nitrogens with one attached hydrogen (secondary N) is 2. The predicted molar refractivity (Wildman–Crippen MR) is 153 cm³/mol. The molecule has 43 heavy (non-hydrogen) atoms. The molecule has 1 aliphatic carbocycles. The SMILES string of the molecule is CC(C)(C)CNc1c(C#N)cnc2c(C#N)cc(N[C@H](c3cn(C4(C(F)(F)F)CC4)nn3)c3cccn4nccc34)cc12. The minimum absolute atomic E-state index is 0.0651. The Morgan fingerprint density at radius 1 is 1.09 bits per heavy atom. The normalized spacial score (nSPS) is 15.2. The van der Waals surface area contributed by atoms with Crippen molar-refractivity contribution in [1.82, 2.24) is 29.6 Å². The Kier molecular flexibility index (Phi) is 6.49. The number of hydrogen-bond acceptors (Lipinski definition) is 8. The van der Waals surface area contributed by atoms with Crippen LogP contribution in [0.15, 0.2) is 55.1 Å². The number of nitriles is 2. The number of anilines is 2. The van der Waals surface area contributed by atoms with Gasteiger partial charge in [0.2, 0.25) is 0 Å². The Labute approximate surface area is 244 Å². The van der Waals surface area contributed by atoms with Gasteiger partial charge in [0, 0.05) is 41.8 Å². The highest BCUT2D eigenvalue weighted by Crippen LogP contribution is 2.55. The smallest absolute Gasteiger partial charge is 0.383 e. The van der Waals surface area contributed by atoms with E-state index in [1.54, 1.807) is 41.2 Å². The predicted octanol–water partition coefficient (Wildman–Crippen LogP) is 5.93. The van der Waals surface area contributed by atoms with E-state index in [0.29, 0.717) is 45.5 Å². The molecule has 1 aromatic carbocycles. The van der Waals surface area contributed by atoms with Crippen molar-refractivity contribution < 1.29 is 13.2 Å². The highest BCUT2D eigenvalue weighted by Gasteiger charge is 2.66. The Hall–Kier alpha value is -5.17. The van der Waals surface area contributed by atoms with E-state index in [1.165, 1.54) is 12.4 Å². The number of alkyl halides is 3. The monoisotopic (exact) mass is 584 g/mol. The number of fused-ring (bicyclic) bond motifs is 2. The quantitative estimate of drug-likeness (QED) is 0.241. The molecule has 0 bridgehead atoms. The minimum Gasteiger partial charge on any atom is -0.383 e. The molecule has 0 amide bonds. The van der Waals surface area contributed by atoms with Crippen molar-refractivity contribution in [2.24, 2.45) is 5.41 Å². The molecule has 10 nitrogen and oxygen atoms in total. The van der Waals surface area contributed by atoms with Crippen molar-refractivity contribution in [3.05, 3.63) is 77.5 Å². The number of pyridine rings is 2. The molecule has 0 radical (unpaired) electrons. The van der Waals surface area contributed by atoms with Crippen LogP contribution in [0.4, 0.5) is 24.5 Å². The Morgan fingerprint density at radius 2 is 1.86 bits per heavy atom. The van der Waals surface area contributed by atoms with Crippen molar-refractivity contribution >= 4 is 27.8 Å². The van der Waals surface area contributed by atoms with Crippen LogP contribution in [0, 0.1) is 28.1 Å². The van der Waals surface area contributed by atoms with Crippen molar-refractivity contribution in [1.29, 1.82) is 10.5 Å². The summed E-state index contributed by atoms with van der Waals surface area (Å²) in [5, 5.41) is 39.6. The van der Waals surface area contributed by atoms with Crippen LogP contribution >= 0.6 is 0 Å². The fourth-order valence-corrected chi connectivity index (χ4v) is 5.18. The second-order valence-corrected chi connectivity index (χ2v) is 11.9. The third-order valence-electron chi connectivity index (χ3n) is 7.60. The zero-order valence-electron chi connectivity index (χ0n) is 23.6. The lowest BCUT2D eigenvalue weighted by molar-refractivity contribution is -0.182. The second kappa shape index (κ2) is 9.98. The summed E-state index contributed by atoms with van der Waals surface area (Å²) >= 11 is 0. The lowest BCUT2D eigenvalue weighted by atomic mass is 9.96. The minimum atomic E-state index is -4.46. The highest BCUT2D eigenvalue weighted by molar-refractivity contribution is 5.99. The van der Waals surface area contributed by atoms with E-state index < -0.39 is 17.8 Å². The first kappa shape index (κ1) is 28.0. The summed E-state index contributed by atoms with van der Waals surface area (Å²) in [4.78, 5) is 4.40. The molecule has 218 valence electrons. The van der Waals surface area contributed by atoms with E-state index in [2.05, 4.69) is 63.9 Å². The van der Waals surface area contributed by atoms with E-state index in [1.807, 2.05) is 6.07 Å². The van der Waals surface area contributed by atoms with Gasteiger partial charge < -0.3 is 10.6 Å². The van der Waals surface area contributed by atoms with E-state index in [4.69, 9.17) is 0 Å². The lowest BCUT2D eigenvalue weighted by Crippen LogP contribution is -2.35. The second-order valence-electron chi connectivity index (χ2n) is 11.9. The molecule has 0 unspecified atom stereocenters. The lowest BCUT2D eigenvalue weighted by Gasteiger charge is -2.23. The standard InChI is InChI=1S/C30H27F3N10/c1-28(2,3)17-37-26-19(14-35)15-36-25-18(13-34)11-20(12-22(25)26)39-27(21-5-4-10-42-24(21)6-9-38-42)23-16-43(41-40-23)29(7-8-29)30(31,32)33/h4-6,9-12,15-16,27,39H,7-8,17H2,1-3H3,(H,36,37)/t27-/m0/s1. The van der Waals surface area contributed by atoms with Crippen LogP contribution in [0.1, 0.15) is 62.0 Å². The zero-order chi connectivity index (χ0) is 30.6. The number of halogens is 3. The van der Waals surface area contributed by atoms with E-state index >= 15 is 0 Å². The molecule has 1 aliphatic rings. The molecule has 1 saturated carbocycles. The van der Waals surface area contributed by atoms with Crippen LogP contribution in [0.25, 0.3) is 16.4 Å². The van der Waals surface area contributed by atoms with Gasteiger partial charge in [-0.1, -0.05) is 32.1 Å². The molecule has 5 aromatic rings. The summed E-state index contributed by atoms with van der Waals surface area (Å²) in [5.41, 5.74) is 1.54. The van der Waals surface area contributed by atoms with Gasteiger partial charge >= 0.3 is 6.18 Å². The number of benzene rings is 1. The van der Waals surface area contributed by atoms with Gasteiger partial charge in [-0.2, -0.15) is 28.8 Å². The maximum atomic E-state index is 13.9. The molecule has 2 N–H and O–H groups in total. The van der Waals surface area contributed by atoms with E-state index in [-0.39, 0.29) is 29.5 Å². The molecule has 0 saturated heterocycles. The Morgan fingerprint density at radius 3 is 2.53 bits per heavy atom. The molecular formula is C30H27F3N10. The first-order valence-corrected chi connectivity index (χ1v) is 13.6. The van der Waals surface area contributed by atoms with Crippen molar-refractivity contribution in [2.75, 3.05) is 17.2 Å². The molecule has 4 aromatic heterocycles. The molecule has 1 atom stereocenters. The molecule has 4 heterocycles. The van der Waals surface area contributed by atoms with Gasteiger partial charge in [-0.25, -0.2) is 9.20 Å². The van der Waals surface area contributed by atoms with Gasteiger partial charge in [0.05, 0.1) is 40.1 Å². The molecule has 0 spiro atoms. The fourth-order valence-electron chi connectivity index (χ4n) is 5.18. The summed E-state index contributed by atoms with van der Waals surface area (Å²) in [6, 6.07) is 12.4. The first-order chi connectivity index (χ1) is 20.4. The van der Waals surface area contributed by atoms with Crippen LogP contribution < -0.4 is 10.6 Å². The maximum Gasteiger partial charge on any atom is 0.413 e. The number of aromatic nitrogens is 6. The maximum absolute atomic E-state index is 13.9. The van der Waals surface area contributed by atoms with Crippen molar-refractivity contribution in [3.63, 3.8) is 0 Å². The highest BCUT2D eigenvalue weighted by atomic mass is 19.4. The van der Waals surface area contributed by atoms with Crippen LogP contribution in [0.3, 0.4) is 0 Å². The number of rotatable bonds is 7. The average Bonchev–Trinajstić information content (AvgIpc) is 3.41. The van der Waals surface area contributed by atoms with Gasteiger partial charge in [-0.15, -0.1) is 5.10 Å². The first-order valence-electron chi connectivity index (χ1n) is 13.6. The largest absolute Gasteiger partial charge is 0.413 e. The molecule has 13 heteroatoms. The summed E-state index contributed by atoms with van der Waals surface area (Å²) in [5.74, 6) is 0. The van der Waals surface area contributed by atoms with Crippen LogP contribution in [-0.2, 0) is 5.54 Å². The Bertz CT molecular complexity index is 1930. The summed E-state index contributed by atoms with van der Waals surface area (Å²) in [6.07, 6.45) is 1.57. The zero-order valence-corrected chi connectivity index (χ0v) is 23.6. The number of nitrogens with zero attached hydrogens (tertiary/aromatic N) is 8. The third kappa shape index (κ3) is 4.97. The topological polar surface area (TPSA) is 133 Å². The van der Waals surface area contributed by atoms with Gasteiger partial charge in [0.1, 0.15) is 17.8 Å². The molecule has 1 fully saturated rings. The third-order valence-corrected chi connectivity index (χ3v) is 7.60. The van der Waals surface area contributed by atoms with Crippen LogP contribution in [0.5, 0.6) is 0 Å². The van der Waals surface area contributed by atoms with Gasteiger partial charge in [0.15, 0.2) is 5.54 Å². The van der Waals surface area contributed by atoms with Gasteiger partial charge in [0.25, 0.3) is 0 Å². The van der Waals surface area contributed by atoms with Crippen molar-refractivity contribution in [2.45, 2.75) is 51.4 Å². The molecule has 0 aliphatic heterocycles. The van der Waals surface area contributed by atoms with Crippen LogP contribution in [-0.4, -0.2) is 42.3 Å². The molecular weight excluding hydrogens is 557 g/mol. The number of hydrogen-bond donors (Lipinski definition) is 2. The van der Waals surface area contributed by atoms with Gasteiger partial charge in [-0.05, 0) is 42.5 Å². The average molecular weight is 585 g/mol. The van der Waals surface area contributed by atoms with E-state index in [9.17, 15) is 23.7 Å². The van der Waals surface area contributed by atoms with Crippen molar-refractivity contribution in [3.8, 4) is 12.1 Å². The van der Waals surface area contributed by atoms with Crippen LogP contribution in [0.2, 0.25) is 0 Å². The van der Waals surface area contributed by atoms with Gasteiger partial charge in [-0.3, -0.25) is 4.98 Å². The fraction of sp³-hybridized carbons (Fsp3) is 0.333. The summed E-state index contributed by atoms with van der Waals surface area (Å²) < 4.78 is 44.3. The summed E-state index contributed by atoms with van der Waals surface area (Å²) in [7, 11) is 0. The van der Waals surface area contributed by atoms with E-state index in [0.717, 1.165) is 4.68 Å². The Balaban J connectivity index is 1.50. The summed E-state index contributed by atoms with van der Waals surface area (Å²) in [6.45, 7) is 6.73.